The van der Waals surface area contributed by atoms with Gasteiger partial charge in [0.2, 0.25) is 0 Å². The second kappa shape index (κ2) is 6.38. The standard InChI is InChI=1S/C13H23NOS/c1-10(2)7-14(8-11(3)15)9-13-6-5-12(4)16-13/h5-6,10-11,15H,7-9H2,1-4H3. The van der Waals surface area contributed by atoms with E-state index in [-0.39, 0.29) is 6.10 Å². The van der Waals surface area contributed by atoms with E-state index in [1.54, 1.807) is 0 Å². The molecule has 0 radical (unpaired) electrons. The molecule has 2 nitrogen and oxygen atoms in total. The van der Waals surface area contributed by atoms with E-state index < -0.39 is 0 Å². The molecule has 0 spiro atoms. The molecular weight excluding hydrogens is 218 g/mol. The molecular formula is C13H23NOS. The molecule has 0 saturated heterocycles. The average molecular weight is 241 g/mol. The predicted octanol–water partition coefficient (Wildman–Crippen LogP) is 2.90. The molecule has 92 valence electrons. The van der Waals surface area contributed by atoms with Crippen LogP contribution in [0.4, 0.5) is 0 Å². The van der Waals surface area contributed by atoms with Crippen LogP contribution < -0.4 is 0 Å². The highest BCUT2D eigenvalue weighted by molar-refractivity contribution is 7.11. The highest BCUT2D eigenvalue weighted by Gasteiger charge is 2.11. The number of aryl methyl sites for hydroxylation is 1. The Morgan fingerprint density at radius 2 is 1.94 bits per heavy atom. The van der Waals surface area contributed by atoms with E-state index in [0.29, 0.717) is 5.92 Å². The predicted molar refractivity (Wildman–Crippen MR) is 70.9 cm³/mol. The molecule has 1 rings (SSSR count). The Hall–Kier alpha value is -0.380. The van der Waals surface area contributed by atoms with E-state index >= 15 is 0 Å². The van der Waals surface area contributed by atoms with Crippen molar-refractivity contribution in [3.8, 4) is 0 Å². The fourth-order valence-electron chi connectivity index (χ4n) is 1.88. The third-order valence-corrected chi connectivity index (χ3v) is 3.31. The van der Waals surface area contributed by atoms with Crippen LogP contribution in [0.5, 0.6) is 0 Å². The van der Waals surface area contributed by atoms with E-state index in [1.807, 2.05) is 18.3 Å². The summed E-state index contributed by atoms with van der Waals surface area (Å²) in [6, 6.07) is 4.35. The summed E-state index contributed by atoms with van der Waals surface area (Å²) in [6.07, 6.45) is -0.250. The number of hydrogen-bond donors (Lipinski definition) is 1. The minimum atomic E-state index is -0.250. The minimum Gasteiger partial charge on any atom is -0.392 e. The molecule has 0 aliphatic heterocycles. The number of rotatable bonds is 6. The van der Waals surface area contributed by atoms with E-state index in [4.69, 9.17) is 0 Å². The average Bonchev–Trinajstić information content (AvgIpc) is 2.48. The summed E-state index contributed by atoms with van der Waals surface area (Å²) < 4.78 is 0. The number of thiophene rings is 1. The van der Waals surface area contributed by atoms with Gasteiger partial charge in [-0.15, -0.1) is 11.3 Å². The number of nitrogens with zero attached hydrogens (tertiary/aromatic N) is 1. The molecule has 1 aromatic heterocycles. The van der Waals surface area contributed by atoms with Crippen LogP contribution in [0.3, 0.4) is 0 Å². The van der Waals surface area contributed by atoms with Crippen molar-refractivity contribution >= 4 is 11.3 Å². The van der Waals surface area contributed by atoms with Crippen molar-refractivity contribution in [3.05, 3.63) is 21.9 Å². The zero-order chi connectivity index (χ0) is 12.1. The van der Waals surface area contributed by atoms with Crippen LogP contribution in [0.15, 0.2) is 12.1 Å². The first-order valence-corrected chi connectivity index (χ1v) is 6.74. The smallest absolute Gasteiger partial charge is 0.0639 e. The summed E-state index contributed by atoms with van der Waals surface area (Å²) in [5.41, 5.74) is 0. The van der Waals surface area contributed by atoms with Gasteiger partial charge in [-0.05, 0) is 31.9 Å². The van der Waals surface area contributed by atoms with Crippen LogP contribution in [0.1, 0.15) is 30.5 Å². The molecule has 0 fully saturated rings. The first kappa shape index (κ1) is 13.7. The summed E-state index contributed by atoms with van der Waals surface area (Å²) in [7, 11) is 0. The van der Waals surface area contributed by atoms with Gasteiger partial charge < -0.3 is 5.11 Å². The summed E-state index contributed by atoms with van der Waals surface area (Å²) in [5.74, 6) is 0.639. The minimum absolute atomic E-state index is 0.250. The van der Waals surface area contributed by atoms with Gasteiger partial charge in [-0.25, -0.2) is 0 Å². The molecule has 0 aliphatic carbocycles. The third kappa shape index (κ3) is 5.10. The Labute approximate surface area is 103 Å². The van der Waals surface area contributed by atoms with Gasteiger partial charge >= 0.3 is 0 Å². The van der Waals surface area contributed by atoms with Crippen molar-refractivity contribution in [2.75, 3.05) is 13.1 Å². The van der Waals surface area contributed by atoms with Gasteiger partial charge in [-0.2, -0.15) is 0 Å². The maximum atomic E-state index is 9.48. The van der Waals surface area contributed by atoms with Crippen molar-refractivity contribution in [1.82, 2.24) is 4.90 Å². The maximum Gasteiger partial charge on any atom is 0.0639 e. The van der Waals surface area contributed by atoms with E-state index in [2.05, 4.69) is 37.8 Å². The Kier molecular flexibility index (Phi) is 5.46. The van der Waals surface area contributed by atoms with E-state index in [1.165, 1.54) is 9.75 Å². The SMILES string of the molecule is Cc1ccc(CN(CC(C)C)CC(C)O)s1. The highest BCUT2D eigenvalue weighted by atomic mass is 32.1. The molecule has 0 amide bonds. The molecule has 0 saturated carbocycles. The van der Waals surface area contributed by atoms with Gasteiger partial charge in [-0.1, -0.05) is 13.8 Å². The highest BCUT2D eigenvalue weighted by Crippen LogP contribution is 2.17. The molecule has 0 aliphatic rings. The Balaban J connectivity index is 2.55. The number of hydrogen-bond acceptors (Lipinski definition) is 3. The molecule has 3 heteroatoms. The lowest BCUT2D eigenvalue weighted by Crippen LogP contribution is -2.33. The van der Waals surface area contributed by atoms with Crippen molar-refractivity contribution in [3.63, 3.8) is 0 Å². The topological polar surface area (TPSA) is 23.5 Å². The summed E-state index contributed by atoms with van der Waals surface area (Å²) in [4.78, 5) is 5.08. The molecule has 1 aromatic rings. The van der Waals surface area contributed by atoms with Crippen molar-refractivity contribution < 1.29 is 5.11 Å². The van der Waals surface area contributed by atoms with Crippen molar-refractivity contribution in [2.24, 2.45) is 5.92 Å². The van der Waals surface area contributed by atoms with Crippen LogP contribution >= 0.6 is 11.3 Å². The van der Waals surface area contributed by atoms with Crippen LogP contribution in [-0.2, 0) is 6.54 Å². The fraction of sp³-hybridized carbons (Fsp3) is 0.692. The Bertz CT molecular complexity index is 297. The fourth-order valence-corrected chi connectivity index (χ4v) is 2.82. The second-order valence-corrected chi connectivity index (χ2v) is 6.32. The van der Waals surface area contributed by atoms with Crippen molar-refractivity contribution in [1.29, 1.82) is 0 Å². The summed E-state index contributed by atoms with van der Waals surface area (Å²) in [6.45, 7) is 11.2. The van der Waals surface area contributed by atoms with E-state index in [0.717, 1.165) is 19.6 Å². The normalized spacial score (nSPS) is 13.7. The molecule has 1 heterocycles. The Morgan fingerprint density at radius 3 is 2.38 bits per heavy atom. The van der Waals surface area contributed by atoms with Crippen LogP contribution in [-0.4, -0.2) is 29.2 Å². The number of aliphatic hydroxyl groups excluding tert-OH is 1. The largest absolute Gasteiger partial charge is 0.392 e. The lowest BCUT2D eigenvalue weighted by molar-refractivity contribution is 0.115. The Morgan fingerprint density at radius 1 is 1.25 bits per heavy atom. The zero-order valence-corrected chi connectivity index (χ0v) is 11.5. The first-order chi connectivity index (χ1) is 7.47. The van der Waals surface area contributed by atoms with Gasteiger partial charge in [0.25, 0.3) is 0 Å². The van der Waals surface area contributed by atoms with Crippen molar-refractivity contribution in [2.45, 2.75) is 40.3 Å². The van der Waals surface area contributed by atoms with E-state index in [9.17, 15) is 5.11 Å². The molecule has 1 N–H and O–H groups in total. The van der Waals surface area contributed by atoms with Crippen LogP contribution in [0.25, 0.3) is 0 Å². The molecule has 1 atom stereocenters. The van der Waals surface area contributed by atoms with Gasteiger partial charge in [0.05, 0.1) is 6.10 Å². The van der Waals surface area contributed by atoms with Crippen LogP contribution in [0, 0.1) is 12.8 Å². The lowest BCUT2D eigenvalue weighted by Gasteiger charge is -2.24. The summed E-state index contributed by atoms with van der Waals surface area (Å²) >= 11 is 1.85. The molecule has 0 aromatic carbocycles. The second-order valence-electron chi connectivity index (χ2n) is 4.95. The van der Waals surface area contributed by atoms with Gasteiger partial charge in [0.15, 0.2) is 0 Å². The first-order valence-electron chi connectivity index (χ1n) is 5.93. The lowest BCUT2D eigenvalue weighted by atomic mass is 10.2. The van der Waals surface area contributed by atoms with Gasteiger partial charge in [0.1, 0.15) is 0 Å². The molecule has 16 heavy (non-hydrogen) atoms. The van der Waals surface area contributed by atoms with Gasteiger partial charge in [-0.3, -0.25) is 4.90 Å². The molecule has 0 bridgehead atoms. The summed E-state index contributed by atoms with van der Waals surface area (Å²) in [5, 5.41) is 9.48. The molecule has 1 unspecified atom stereocenters. The maximum absolute atomic E-state index is 9.48. The van der Waals surface area contributed by atoms with Gasteiger partial charge in [0, 0.05) is 29.4 Å². The third-order valence-electron chi connectivity index (χ3n) is 2.32. The van der Waals surface area contributed by atoms with Crippen LogP contribution in [0.2, 0.25) is 0 Å². The quantitative estimate of drug-likeness (QED) is 0.828. The monoisotopic (exact) mass is 241 g/mol. The zero-order valence-electron chi connectivity index (χ0n) is 10.7. The number of aliphatic hydroxyl groups is 1.